The molecule has 0 aliphatic carbocycles. The van der Waals surface area contributed by atoms with Gasteiger partial charge in [0.25, 0.3) is 0 Å². The third-order valence-corrected chi connectivity index (χ3v) is 3.93. The summed E-state index contributed by atoms with van der Waals surface area (Å²) < 4.78 is 0. The van der Waals surface area contributed by atoms with Gasteiger partial charge in [0.05, 0.1) is 0 Å². The van der Waals surface area contributed by atoms with E-state index in [2.05, 4.69) is 29.8 Å². The molecule has 0 radical (unpaired) electrons. The zero-order valence-electron chi connectivity index (χ0n) is 10.9. The maximum Gasteiger partial charge on any atom is 0.131 e. The topological polar surface area (TPSA) is 42.2 Å². The number of rotatable bonds is 3. The predicted octanol–water partition coefficient (Wildman–Crippen LogP) is 2.34. The van der Waals surface area contributed by atoms with Gasteiger partial charge in [-0.1, -0.05) is 19.4 Å². The fourth-order valence-electron chi connectivity index (χ4n) is 2.79. The number of hydrogen-bond acceptors (Lipinski definition) is 3. The second-order valence-electron chi connectivity index (χ2n) is 5.03. The number of anilines is 1. The molecule has 2 unspecified atom stereocenters. The first kappa shape index (κ1) is 12.4. The Morgan fingerprint density at radius 2 is 2.35 bits per heavy atom. The summed E-state index contributed by atoms with van der Waals surface area (Å²) in [4.78, 5) is 6.93. The van der Waals surface area contributed by atoms with Crippen molar-refractivity contribution in [1.82, 2.24) is 4.98 Å². The van der Waals surface area contributed by atoms with Crippen LogP contribution in [0.4, 0.5) is 5.82 Å². The van der Waals surface area contributed by atoms with Crippen molar-refractivity contribution in [2.24, 2.45) is 11.7 Å². The molecule has 94 valence electrons. The molecule has 1 fully saturated rings. The first-order valence-electron chi connectivity index (χ1n) is 6.64. The van der Waals surface area contributed by atoms with E-state index in [1.807, 2.05) is 12.3 Å². The van der Waals surface area contributed by atoms with E-state index < -0.39 is 0 Å². The van der Waals surface area contributed by atoms with Crippen molar-refractivity contribution in [3.63, 3.8) is 0 Å². The Balaban J connectivity index is 2.18. The highest BCUT2D eigenvalue weighted by Gasteiger charge is 2.28. The highest BCUT2D eigenvalue weighted by molar-refractivity contribution is 5.47. The molecule has 0 amide bonds. The second kappa shape index (κ2) is 5.50. The van der Waals surface area contributed by atoms with Crippen molar-refractivity contribution in [2.45, 2.75) is 39.2 Å². The monoisotopic (exact) mass is 233 g/mol. The van der Waals surface area contributed by atoms with E-state index in [9.17, 15) is 0 Å². The molecule has 2 rings (SSSR count). The highest BCUT2D eigenvalue weighted by Crippen LogP contribution is 2.29. The summed E-state index contributed by atoms with van der Waals surface area (Å²) in [6.07, 6.45) is 5.62. The van der Waals surface area contributed by atoms with E-state index >= 15 is 0 Å². The molecule has 2 heterocycles. The molecule has 0 aromatic carbocycles. The number of pyridine rings is 1. The van der Waals surface area contributed by atoms with E-state index in [1.54, 1.807) is 0 Å². The molecule has 0 spiro atoms. The number of aromatic nitrogens is 1. The molecule has 3 heteroatoms. The van der Waals surface area contributed by atoms with Crippen molar-refractivity contribution in [2.75, 3.05) is 18.0 Å². The smallest absolute Gasteiger partial charge is 0.131 e. The lowest BCUT2D eigenvalue weighted by Crippen LogP contribution is -2.47. The molecular weight excluding hydrogens is 210 g/mol. The van der Waals surface area contributed by atoms with Gasteiger partial charge < -0.3 is 10.6 Å². The summed E-state index contributed by atoms with van der Waals surface area (Å²) in [5.41, 5.74) is 7.18. The molecule has 2 atom stereocenters. The average Bonchev–Trinajstić information content (AvgIpc) is 2.38. The SMILES string of the molecule is CCC1CCN(c2ncccc2C)C(CN)C1. The van der Waals surface area contributed by atoms with Crippen molar-refractivity contribution < 1.29 is 0 Å². The van der Waals surface area contributed by atoms with Crippen LogP contribution in [-0.2, 0) is 0 Å². The van der Waals surface area contributed by atoms with Crippen molar-refractivity contribution in [3.05, 3.63) is 23.9 Å². The fraction of sp³-hybridized carbons (Fsp3) is 0.643. The van der Waals surface area contributed by atoms with Crippen LogP contribution < -0.4 is 10.6 Å². The molecule has 1 aliphatic heterocycles. The largest absolute Gasteiger partial charge is 0.352 e. The van der Waals surface area contributed by atoms with Crippen molar-refractivity contribution in [3.8, 4) is 0 Å². The van der Waals surface area contributed by atoms with Gasteiger partial charge >= 0.3 is 0 Å². The van der Waals surface area contributed by atoms with Gasteiger partial charge in [0.15, 0.2) is 0 Å². The molecule has 1 aromatic rings. The number of aryl methyl sites for hydroxylation is 1. The molecule has 0 saturated carbocycles. The Bertz CT molecular complexity index is 364. The van der Waals surface area contributed by atoms with E-state index in [0.29, 0.717) is 6.04 Å². The Morgan fingerprint density at radius 1 is 1.53 bits per heavy atom. The van der Waals surface area contributed by atoms with Crippen LogP contribution in [0.5, 0.6) is 0 Å². The number of hydrogen-bond donors (Lipinski definition) is 1. The first-order valence-corrected chi connectivity index (χ1v) is 6.64. The first-order chi connectivity index (χ1) is 8.26. The molecule has 0 bridgehead atoms. The normalized spacial score (nSPS) is 25.0. The highest BCUT2D eigenvalue weighted by atomic mass is 15.2. The van der Waals surface area contributed by atoms with Gasteiger partial charge in [-0.2, -0.15) is 0 Å². The Hall–Kier alpha value is -1.09. The van der Waals surface area contributed by atoms with Crippen LogP contribution in [0.15, 0.2) is 18.3 Å². The van der Waals surface area contributed by atoms with Crippen molar-refractivity contribution >= 4 is 5.82 Å². The minimum Gasteiger partial charge on any atom is -0.352 e. The van der Waals surface area contributed by atoms with Crippen LogP contribution in [0.2, 0.25) is 0 Å². The fourth-order valence-corrected chi connectivity index (χ4v) is 2.79. The van der Waals surface area contributed by atoms with Gasteiger partial charge in [0, 0.05) is 25.3 Å². The number of piperidine rings is 1. The van der Waals surface area contributed by atoms with Crippen LogP contribution in [0, 0.1) is 12.8 Å². The standard InChI is InChI=1S/C14H23N3/c1-3-12-6-8-17(13(9-12)10-15)14-11(2)5-4-7-16-14/h4-5,7,12-13H,3,6,8-10,15H2,1-2H3. The number of nitrogens with two attached hydrogens (primary N) is 1. The van der Waals surface area contributed by atoms with Gasteiger partial charge in [0.2, 0.25) is 0 Å². The van der Waals surface area contributed by atoms with Gasteiger partial charge in [-0.25, -0.2) is 4.98 Å². The lowest BCUT2D eigenvalue weighted by atomic mass is 9.88. The number of nitrogens with zero attached hydrogens (tertiary/aromatic N) is 2. The molecular formula is C14H23N3. The van der Waals surface area contributed by atoms with E-state index in [0.717, 1.165) is 24.8 Å². The summed E-state index contributed by atoms with van der Waals surface area (Å²) >= 11 is 0. The van der Waals surface area contributed by atoms with Crippen molar-refractivity contribution in [1.29, 1.82) is 0 Å². The van der Waals surface area contributed by atoms with E-state index in [-0.39, 0.29) is 0 Å². The van der Waals surface area contributed by atoms with Gasteiger partial charge in [0.1, 0.15) is 5.82 Å². The van der Waals surface area contributed by atoms with Gasteiger partial charge in [-0.3, -0.25) is 0 Å². The Kier molecular flexibility index (Phi) is 4.00. The van der Waals surface area contributed by atoms with Crippen LogP contribution in [-0.4, -0.2) is 24.1 Å². The molecule has 1 aromatic heterocycles. The maximum absolute atomic E-state index is 5.93. The summed E-state index contributed by atoms with van der Waals surface area (Å²) in [6.45, 7) is 6.23. The summed E-state index contributed by atoms with van der Waals surface area (Å²) in [7, 11) is 0. The third-order valence-electron chi connectivity index (χ3n) is 3.93. The van der Waals surface area contributed by atoms with Gasteiger partial charge in [-0.05, 0) is 37.3 Å². The van der Waals surface area contributed by atoms with Crippen LogP contribution in [0.1, 0.15) is 31.7 Å². The summed E-state index contributed by atoms with van der Waals surface area (Å²) in [5.74, 6) is 1.96. The molecule has 3 nitrogen and oxygen atoms in total. The lowest BCUT2D eigenvalue weighted by Gasteiger charge is -2.40. The molecule has 1 aliphatic rings. The predicted molar refractivity (Wildman–Crippen MR) is 72.2 cm³/mol. The van der Waals surface area contributed by atoms with E-state index in [1.165, 1.54) is 24.8 Å². The second-order valence-corrected chi connectivity index (χ2v) is 5.03. The Morgan fingerprint density at radius 3 is 3.00 bits per heavy atom. The molecule has 1 saturated heterocycles. The minimum atomic E-state index is 0.460. The zero-order valence-corrected chi connectivity index (χ0v) is 10.9. The minimum absolute atomic E-state index is 0.460. The maximum atomic E-state index is 5.93. The zero-order chi connectivity index (χ0) is 12.3. The quantitative estimate of drug-likeness (QED) is 0.871. The van der Waals surface area contributed by atoms with Crippen LogP contribution in [0.25, 0.3) is 0 Å². The molecule has 17 heavy (non-hydrogen) atoms. The van der Waals surface area contributed by atoms with Crippen LogP contribution >= 0.6 is 0 Å². The average molecular weight is 233 g/mol. The summed E-state index contributed by atoms with van der Waals surface area (Å²) in [6, 6.07) is 4.58. The Labute approximate surface area is 104 Å². The van der Waals surface area contributed by atoms with E-state index in [4.69, 9.17) is 5.73 Å². The van der Waals surface area contributed by atoms with Gasteiger partial charge in [-0.15, -0.1) is 0 Å². The molecule has 2 N–H and O–H groups in total. The lowest BCUT2D eigenvalue weighted by molar-refractivity contribution is 0.334. The summed E-state index contributed by atoms with van der Waals surface area (Å²) in [5, 5.41) is 0. The third kappa shape index (κ3) is 2.60. The van der Waals surface area contributed by atoms with Crippen LogP contribution in [0.3, 0.4) is 0 Å².